The summed E-state index contributed by atoms with van der Waals surface area (Å²) >= 11 is 0. The summed E-state index contributed by atoms with van der Waals surface area (Å²) in [7, 11) is 0. The van der Waals surface area contributed by atoms with Gasteiger partial charge in [-0.15, -0.1) is 0 Å². The van der Waals surface area contributed by atoms with Crippen molar-refractivity contribution in [2.45, 2.75) is 50.4 Å². The minimum atomic E-state index is -0.663. The van der Waals surface area contributed by atoms with E-state index in [2.05, 4.69) is 0 Å². The molecule has 16 heavy (non-hydrogen) atoms. The van der Waals surface area contributed by atoms with Gasteiger partial charge < -0.3 is 20.3 Å². The lowest BCUT2D eigenvalue weighted by molar-refractivity contribution is -0.156. The van der Waals surface area contributed by atoms with Gasteiger partial charge in [0.2, 0.25) is 5.91 Å². The van der Waals surface area contributed by atoms with Crippen LogP contribution in [-0.4, -0.2) is 45.8 Å². The number of rotatable bonds is 0. The van der Waals surface area contributed by atoms with E-state index in [1.807, 2.05) is 0 Å². The predicted octanol–water partition coefficient (Wildman–Crippen LogP) is 0.278. The molecule has 90 valence electrons. The van der Waals surface area contributed by atoms with Gasteiger partial charge in [-0.3, -0.25) is 4.79 Å². The van der Waals surface area contributed by atoms with Crippen LogP contribution in [0.2, 0.25) is 0 Å². The predicted molar refractivity (Wildman–Crippen MR) is 57.1 cm³/mol. The molecule has 3 fully saturated rings. The standard InChI is InChI=1S/C11H17N2O3/c14-9-5-6-12-10(9)13(16)8-4-2-1-3-7(8)11(12)15/h7-10,14H,1-6H2/q-1/t7?,8?,9-,10?/m0/s1. The van der Waals surface area contributed by atoms with E-state index in [-0.39, 0.29) is 17.9 Å². The Bertz CT molecular complexity index is 304. The molecule has 0 aromatic carbocycles. The van der Waals surface area contributed by atoms with Crippen molar-refractivity contribution in [3.05, 3.63) is 5.21 Å². The van der Waals surface area contributed by atoms with Gasteiger partial charge in [-0.2, -0.15) is 0 Å². The van der Waals surface area contributed by atoms with E-state index < -0.39 is 12.3 Å². The molecule has 0 aromatic rings. The number of carbonyl (C=O) groups is 1. The van der Waals surface area contributed by atoms with Crippen molar-refractivity contribution in [3.63, 3.8) is 0 Å². The number of nitrogens with zero attached hydrogens (tertiary/aromatic N) is 2. The van der Waals surface area contributed by atoms with Crippen LogP contribution in [0.4, 0.5) is 0 Å². The summed E-state index contributed by atoms with van der Waals surface area (Å²) < 4.78 is 0. The highest BCUT2D eigenvalue weighted by molar-refractivity contribution is 5.81. The van der Waals surface area contributed by atoms with E-state index in [0.717, 1.165) is 30.7 Å². The molecule has 2 heterocycles. The number of hydroxylamine groups is 2. The molecule has 3 aliphatic rings. The summed E-state index contributed by atoms with van der Waals surface area (Å²) in [5.74, 6) is -0.0221. The van der Waals surface area contributed by atoms with Crippen molar-refractivity contribution in [2.75, 3.05) is 6.54 Å². The van der Waals surface area contributed by atoms with E-state index in [1.165, 1.54) is 0 Å². The molecular formula is C11H17N2O3-. The Morgan fingerprint density at radius 1 is 1.25 bits per heavy atom. The highest BCUT2D eigenvalue weighted by Gasteiger charge is 2.48. The second-order valence-corrected chi connectivity index (χ2v) is 5.12. The minimum Gasteiger partial charge on any atom is -0.783 e. The number of amides is 1. The number of fused-ring (bicyclic) bond motifs is 2. The molecule has 0 spiro atoms. The zero-order valence-corrected chi connectivity index (χ0v) is 9.21. The van der Waals surface area contributed by atoms with E-state index in [4.69, 9.17) is 0 Å². The summed E-state index contributed by atoms with van der Waals surface area (Å²) in [6, 6.07) is -0.185. The van der Waals surface area contributed by atoms with Crippen molar-refractivity contribution in [1.82, 2.24) is 9.96 Å². The molecule has 1 N–H and O–H groups in total. The van der Waals surface area contributed by atoms with Crippen LogP contribution in [0, 0.1) is 11.1 Å². The maximum atomic E-state index is 12.2. The molecule has 0 aromatic heterocycles. The first-order valence-corrected chi connectivity index (χ1v) is 6.14. The first-order chi connectivity index (χ1) is 7.70. The normalized spacial score (nSPS) is 44.4. The van der Waals surface area contributed by atoms with Gasteiger partial charge >= 0.3 is 0 Å². The number of hydrogen-bond acceptors (Lipinski definition) is 4. The van der Waals surface area contributed by atoms with Crippen LogP contribution in [0.25, 0.3) is 0 Å². The largest absolute Gasteiger partial charge is 0.783 e. The summed E-state index contributed by atoms with van der Waals surface area (Å²) in [6.07, 6.45) is 2.97. The highest BCUT2D eigenvalue weighted by atomic mass is 16.5. The van der Waals surface area contributed by atoms with E-state index in [9.17, 15) is 15.1 Å². The van der Waals surface area contributed by atoms with E-state index >= 15 is 0 Å². The van der Waals surface area contributed by atoms with Crippen LogP contribution in [-0.2, 0) is 4.79 Å². The molecule has 2 saturated heterocycles. The Labute approximate surface area is 94.6 Å². The quantitative estimate of drug-likeness (QED) is 0.643. The molecule has 5 heteroatoms. The summed E-state index contributed by atoms with van der Waals surface area (Å²) in [6.45, 7) is 0.534. The zero-order chi connectivity index (χ0) is 11.3. The Kier molecular flexibility index (Phi) is 2.42. The van der Waals surface area contributed by atoms with Crippen molar-refractivity contribution in [3.8, 4) is 0 Å². The zero-order valence-electron chi connectivity index (χ0n) is 9.21. The first-order valence-electron chi connectivity index (χ1n) is 6.14. The van der Waals surface area contributed by atoms with Crippen LogP contribution < -0.4 is 0 Å². The number of aliphatic hydroxyl groups is 1. The lowest BCUT2D eigenvalue weighted by Crippen LogP contribution is -2.63. The van der Waals surface area contributed by atoms with Gasteiger partial charge in [-0.1, -0.05) is 12.8 Å². The molecule has 0 radical (unpaired) electrons. The molecule has 3 unspecified atom stereocenters. The molecule has 1 aliphatic carbocycles. The van der Waals surface area contributed by atoms with E-state index in [1.54, 1.807) is 4.90 Å². The van der Waals surface area contributed by atoms with Crippen molar-refractivity contribution in [1.29, 1.82) is 0 Å². The summed E-state index contributed by atoms with van der Waals surface area (Å²) in [5.41, 5.74) is 0. The number of aliphatic hydroxyl groups excluding tert-OH is 1. The van der Waals surface area contributed by atoms with Crippen LogP contribution in [0.15, 0.2) is 0 Å². The Morgan fingerprint density at radius 2 is 2.00 bits per heavy atom. The summed E-state index contributed by atoms with van der Waals surface area (Å²) in [5, 5.41) is 22.9. The van der Waals surface area contributed by atoms with Gasteiger partial charge in [-0.25, -0.2) is 0 Å². The highest BCUT2D eigenvalue weighted by Crippen LogP contribution is 2.38. The molecule has 3 rings (SSSR count). The lowest BCUT2D eigenvalue weighted by Gasteiger charge is -2.55. The monoisotopic (exact) mass is 225 g/mol. The fourth-order valence-electron chi connectivity index (χ4n) is 3.42. The molecule has 4 atom stereocenters. The second kappa shape index (κ2) is 3.68. The third kappa shape index (κ3) is 1.31. The third-order valence-electron chi connectivity index (χ3n) is 4.25. The lowest BCUT2D eigenvalue weighted by atomic mass is 9.81. The average molecular weight is 225 g/mol. The van der Waals surface area contributed by atoms with Crippen LogP contribution in [0.3, 0.4) is 0 Å². The average Bonchev–Trinajstić information content (AvgIpc) is 2.69. The Balaban J connectivity index is 1.90. The molecule has 1 saturated carbocycles. The fourth-order valence-corrected chi connectivity index (χ4v) is 3.42. The molecule has 1 amide bonds. The smallest absolute Gasteiger partial charge is 0.228 e. The Hall–Kier alpha value is -0.650. The molecule has 0 bridgehead atoms. The minimum absolute atomic E-state index is 0.0957. The molecule has 5 nitrogen and oxygen atoms in total. The van der Waals surface area contributed by atoms with Gasteiger partial charge in [0.25, 0.3) is 0 Å². The molecule has 2 aliphatic heterocycles. The van der Waals surface area contributed by atoms with Crippen molar-refractivity contribution >= 4 is 5.91 Å². The molecular weight excluding hydrogens is 208 g/mol. The maximum Gasteiger partial charge on any atom is 0.228 e. The van der Waals surface area contributed by atoms with Gasteiger partial charge in [0, 0.05) is 12.6 Å². The SMILES string of the molecule is O=C1C2CCCCC2N([O-])C2[C@@H](O)CCN12. The number of hydrogen-bond donors (Lipinski definition) is 1. The summed E-state index contributed by atoms with van der Waals surface area (Å²) in [4.78, 5) is 13.8. The third-order valence-corrected chi connectivity index (χ3v) is 4.25. The van der Waals surface area contributed by atoms with Gasteiger partial charge in [0.05, 0.1) is 12.0 Å². The maximum absolute atomic E-state index is 12.2. The van der Waals surface area contributed by atoms with Crippen molar-refractivity contribution in [2.24, 2.45) is 5.92 Å². The second-order valence-electron chi connectivity index (χ2n) is 5.12. The van der Waals surface area contributed by atoms with Crippen LogP contribution in [0.1, 0.15) is 32.1 Å². The Morgan fingerprint density at radius 3 is 2.81 bits per heavy atom. The fraction of sp³-hybridized carbons (Fsp3) is 0.909. The van der Waals surface area contributed by atoms with Crippen molar-refractivity contribution < 1.29 is 9.90 Å². The van der Waals surface area contributed by atoms with E-state index in [0.29, 0.717) is 13.0 Å². The number of carbonyl (C=O) groups excluding carboxylic acids is 1. The topological polar surface area (TPSA) is 66.8 Å². The van der Waals surface area contributed by atoms with Gasteiger partial charge in [-0.05, 0) is 19.3 Å². The van der Waals surface area contributed by atoms with Crippen LogP contribution >= 0.6 is 0 Å². The van der Waals surface area contributed by atoms with Crippen LogP contribution in [0.5, 0.6) is 0 Å². The van der Waals surface area contributed by atoms with Gasteiger partial charge in [0.1, 0.15) is 6.17 Å². The van der Waals surface area contributed by atoms with Gasteiger partial charge in [0.15, 0.2) is 0 Å². The first kappa shape index (κ1) is 10.5.